The Kier molecular flexibility index (Phi) is 6.60. The third kappa shape index (κ3) is 4.92. The van der Waals surface area contributed by atoms with E-state index in [1.165, 1.54) is 0 Å². The van der Waals surface area contributed by atoms with Crippen LogP contribution in [0.4, 0.5) is 0 Å². The number of amides is 3. The number of carbonyl (C=O) groups excluding carboxylic acids is 3. The second-order valence-electron chi connectivity index (χ2n) is 9.31. The molecule has 2 saturated heterocycles. The Morgan fingerprint density at radius 1 is 0.968 bits per heavy atom. The monoisotopic (exact) mass is 427 g/mol. The molecule has 3 aliphatic rings. The smallest absolute Gasteiger partial charge is 0.251 e. The van der Waals surface area contributed by atoms with E-state index >= 15 is 0 Å². The summed E-state index contributed by atoms with van der Waals surface area (Å²) in [5, 5.41) is 13.6. The fourth-order valence-corrected chi connectivity index (χ4v) is 5.39. The van der Waals surface area contributed by atoms with Gasteiger partial charge in [-0.2, -0.15) is 0 Å². The summed E-state index contributed by atoms with van der Waals surface area (Å²) in [5.41, 5.74) is -0.0737. The van der Waals surface area contributed by atoms with E-state index in [1.54, 1.807) is 29.2 Å². The Morgan fingerprint density at radius 2 is 1.77 bits per heavy atom. The molecule has 3 amide bonds. The van der Waals surface area contributed by atoms with Crippen LogP contribution in [-0.2, 0) is 9.59 Å². The van der Waals surface area contributed by atoms with Gasteiger partial charge in [0.1, 0.15) is 0 Å². The molecule has 168 valence electrons. The number of nitrogens with zero attached hydrogens (tertiary/aromatic N) is 2. The molecule has 0 unspecified atom stereocenters. The first kappa shape index (κ1) is 21.8. The van der Waals surface area contributed by atoms with Crippen LogP contribution in [0.1, 0.15) is 55.3 Å². The molecule has 0 radical (unpaired) electrons. The molecule has 31 heavy (non-hydrogen) atoms. The average molecular weight is 428 g/mol. The lowest BCUT2D eigenvalue weighted by Crippen LogP contribution is -2.57. The first-order valence-corrected chi connectivity index (χ1v) is 11.6. The number of hydrogen-bond donors (Lipinski definition) is 2. The predicted octanol–water partition coefficient (Wildman–Crippen LogP) is 1.81. The first-order chi connectivity index (χ1) is 15.0. The molecular weight excluding hydrogens is 394 g/mol. The highest BCUT2D eigenvalue weighted by Gasteiger charge is 2.44. The molecule has 0 bridgehead atoms. The van der Waals surface area contributed by atoms with Gasteiger partial charge in [0.25, 0.3) is 5.91 Å². The van der Waals surface area contributed by atoms with Crippen molar-refractivity contribution in [3.63, 3.8) is 0 Å². The minimum Gasteiger partial charge on any atom is -0.389 e. The van der Waals surface area contributed by atoms with Crippen LogP contribution in [0, 0.1) is 11.8 Å². The fourth-order valence-electron chi connectivity index (χ4n) is 5.39. The van der Waals surface area contributed by atoms with Crippen molar-refractivity contribution in [2.24, 2.45) is 11.8 Å². The van der Waals surface area contributed by atoms with E-state index in [1.807, 2.05) is 11.0 Å². The molecule has 2 aliphatic heterocycles. The molecule has 1 aromatic carbocycles. The molecule has 7 nitrogen and oxygen atoms in total. The second-order valence-corrected chi connectivity index (χ2v) is 9.31. The molecule has 2 heterocycles. The topological polar surface area (TPSA) is 90.0 Å². The summed E-state index contributed by atoms with van der Waals surface area (Å²) < 4.78 is 0. The predicted molar refractivity (Wildman–Crippen MR) is 116 cm³/mol. The van der Waals surface area contributed by atoms with E-state index in [0.717, 1.165) is 38.5 Å². The van der Waals surface area contributed by atoms with Crippen molar-refractivity contribution in [2.45, 2.75) is 50.5 Å². The van der Waals surface area contributed by atoms with Gasteiger partial charge in [0, 0.05) is 37.7 Å². The lowest BCUT2D eigenvalue weighted by atomic mass is 9.71. The van der Waals surface area contributed by atoms with Crippen LogP contribution in [0.15, 0.2) is 30.3 Å². The van der Waals surface area contributed by atoms with Gasteiger partial charge in [0.15, 0.2) is 0 Å². The number of hydrogen-bond acceptors (Lipinski definition) is 4. The maximum atomic E-state index is 13.2. The number of benzene rings is 1. The van der Waals surface area contributed by atoms with Crippen LogP contribution in [-0.4, -0.2) is 71.0 Å². The Morgan fingerprint density at radius 3 is 2.58 bits per heavy atom. The zero-order valence-electron chi connectivity index (χ0n) is 18.1. The zero-order chi connectivity index (χ0) is 21.8. The summed E-state index contributed by atoms with van der Waals surface area (Å²) in [5.74, 6) is -0.335. The average Bonchev–Trinajstić information content (AvgIpc) is 2.82. The van der Waals surface area contributed by atoms with Crippen LogP contribution < -0.4 is 5.32 Å². The van der Waals surface area contributed by atoms with Crippen molar-refractivity contribution in [3.05, 3.63) is 35.9 Å². The van der Waals surface area contributed by atoms with Gasteiger partial charge >= 0.3 is 0 Å². The molecule has 4 rings (SSSR count). The highest BCUT2D eigenvalue weighted by molar-refractivity contribution is 5.96. The molecule has 3 atom stereocenters. The van der Waals surface area contributed by atoms with Gasteiger partial charge in [-0.05, 0) is 44.2 Å². The van der Waals surface area contributed by atoms with Gasteiger partial charge < -0.3 is 20.2 Å². The summed E-state index contributed by atoms with van der Waals surface area (Å²) in [4.78, 5) is 41.7. The molecule has 0 aromatic heterocycles. The number of piperidine rings is 2. The lowest BCUT2D eigenvalue weighted by Gasteiger charge is -2.48. The van der Waals surface area contributed by atoms with Crippen LogP contribution in [0.25, 0.3) is 0 Å². The number of carbonyl (C=O) groups is 3. The van der Waals surface area contributed by atoms with E-state index < -0.39 is 5.60 Å². The highest BCUT2D eigenvalue weighted by atomic mass is 16.3. The van der Waals surface area contributed by atoms with Crippen LogP contribution >= 0.6 is 0 Å². The number of nitrogens with one attached hydrogen (secondary N) is 1. The van der Waals surface area contributed by atoms with E-state index in [0.29, 0.717) is 38.2 Å². The van der Waals surface area contributed by atoms with Crippen LogP contribution in [0.2, 0.25) is 0 Å². The van der Waals surface area contributed by atoms with Gasteiger partial charge in [-0.1, -0.05) is 31.0 Å². The van der Waals surface area contributed by atoms with Gasteiger partial charge in [0.05, 0.1) is 18.1 Å². The molecule has 1 aromatic rings. The van der Waals surface area contributed by atoms with E-state index in [-0.39, 0.29) is 36.1 Å². The Hall–Kier alpha value is -2.41. The number of likely N-dealkylation sites (tertiary alicyclic amines) is 2. The van der Waals surface area contributed by atoms with Crippen molar-refractivity contribution in [3.8, 4) is 0 Å². The summed E-state index contributed by atoms with van der Waals surface area (Å²) in [7, 11) is 0. The number of rotatable bonds is 4. The van der Waals surface area contributed by atoms with Crippen molar-refractivity contribution >= 4 is 17.7 Å². The van der Waals surface area contributed by atoms with Gasteiger partial charge in [0.2, 0.25) is 11.8 Å². The third-order valence-corrected chi connectivity index (χ3v) is 7.30. The molecule has 0 spiro atoms. The molecule has 1 saturated carbocycles. The van der Waals surface area contributed by atoms with Crippen molar-refractivity contribution in [1.82, 2.24) is 15.1 Å². The van der Waals surface area contributed by atoms with Crippen molar-refractivity contribution in [2.75, 3.05) is 32.7 Å². The Bertz CT molecular complexity index is 814. The van der Waals surface area contributed by atoms with Crippen molar-refractivity contribution in [1.29, 1.82) is 0 Å². The normalized spacial score (nSPS) is 28.5. The summed E-state index contributed by atoms with van der Waals surface area (Å²) in [6.45, 7) is 2.19. The molecule has 3 fully saturated rings. The highest BCUT2D eigenvalue weighted by Crippen LogP contribution is 2.40. The minimum absolute atomic E-state index is 0.0620. The van der Waals surface area contributed by atoms with Crippen molar-refractivity contribution < 1.29 is 19.5 Å². The number of fused-ring (bicyclic) bond motifs is 1. The number of aliphatic hydroxyl groups is 1. The molecule has 1 aliphatic carbocycles. The largest absolute Gasteiger partial charge is 0.389 e. The fraction of sp³-hybridized carbons (Fsp3) is 0.625. The minimum atomic E-state index is -0.597. The quantitative estimate of drug-likeness (QED) is 0.767. The summed E-state index contributed by atoms with van der Waals surface area (Å²) >= 11 is 0. The van der Waals surface area contributed by atoms with Crippen LogP contribution in [0.5, 0.6) is 0 Å². The Balaban J connectivity index is 1.29. The maximum absolute atomic E-state index is 13.2. The lowest BCUT2D eigenvalue weighted by molar-refractivity contribution is -0.150. The molecule has 2 N–H and O–H groups in total. The zero-order valence-corrected chi connectivity index (χ0v) is 18.1. The molecule has 7 heteroatoms. The Labute approximate surface area is 183 Å². The molecular formula is C24H33N3O4. The van der Waals surface area contributed by atoms with Crippen LogP contribution in [0.3, 0.4) is 0 Å². The summed E-state index contributed by atoms with van der Waals surface area (Å²) in [6.07, 6.45) is 6.25. The standard InChI is InChI=1S/C24H33N3O4/c28-21(15-25-22(29)18-7-2-1-3-8-18)26-13-6-9-19(16-26)23(30)27-14-12-24(31)11-5-4-10-20(24)17-27/h1-3,7-8,19-20,31H,4-6,9-17H2,(H,25,29)/t19-,20+,24+/m0/s1. The summed E-state index contributed by atoms with van der Waals surface area (Å²) in [6, 6.07) is 8.82. The second kappa shape index (κ2) is 9.39. The van der Waals surface area contributed by atoms with E-state index in [4.69, 9.17) is 0 Å². The van der Waals surface area contributed by atoms with E-state index in [9.17, 15) is 19.5 Å². The SMILES string of the molecule is O=C(NCC(=O)N1CCC[C@H](C(=O)N2CC[C@]3(O)CCCC[C@@H]3C2)C1)c1ccccc1. The van der Waals surface area contributed by atoms with E-state index in [2.05, 4.69) is 5.32 Å². The third-order valence-electron chi connectivity index (χ3n) is 7.30. The van der Waals surface area contributed by atoms with Gasteiger partial charge in [-0.25, -0.2) is 0 Å². The van der Waals surface area contributed by atoms with Gasteiger partial charge in [-0.15, -0.1) is 0 Å². The van der Waals surface area contributed by atoms with Gasteiger partial charge in [-0.3, -0.25) is 14.4 Å². The maximum Gasteiger partial charge on any atom is 0.251 e. The first-order valence-electron chi connectivity index (χ1n) is 11.6.